The zero-order valence-electron chi connectivity index (χ0n) is 11.8. The van der Waals surface area contributed by atoms with Crippen molar-refractivity contribution in [2.75, 3.05) is 27.3 Å². The maximum atomic E-state index is 10.2. The zero-order chi connectivity index (χ0) is 14.3. The fraction of sp³-hybridized carbons (Fsp3) is 0.571. The van der Waals surface area contributed by atoms with Gasteiger partial charge in [-0.15, -0.1) is 0 Å². The van der Waals surface area contributed by atoms with Crippen molar-refractivity contribution in [3.8, 4) is 11.5 Å². The molecule has 0 bridgehead atoms. The molecule has 0 radical (unpaired) electrons. The van der Waals surface area contributed by atoms with Crippen LogP contribution in [0.1, 0.15) is 25.0 Å². The molecule has 5 heteroatoms. The zero-order valence-corrected chi connectivity index (χ0v) is 11.8. The van der Waals surface area contributed by atoms with Crippen molar-refractivity contribution in [3.63, 3.8) is 0 Å². The first-order valence-electron chi connectivity index (χ1n) is 6.53. The number of aliphatic hydroxyl groups excluding tert-OH is 1. The van der Waals surface area contributed by atoms with E-state index in [9.17, 15) is 5.11 Å². The lowest BCUT2D eigenvalue weighted by atomic mass is 10.00. The molecule has 0 saturated carbocycles. The molecule has 2 unspecified atom stereocenters. The minimum atomic E-state index is -0.710. The molecular formula is C14H24N2O3. The third-order valence-electron chi connectivity index (χ3n) is 2.96. The minimum absolute atomic E-state index is 0.310. The largest absolute Gasteiger partial charge is 0.493 e. The van der Waals surface area contributed by atoms with Gasteiger partial charge in [-0.05, 0) is 44.6 Å². The van der Waals surface area contributed by atoms with E-state index in [2.05, 4.69) is 5.32 Å². The van der Waals surface area contributed by atoms with Crippen molar-refractivity contribution in [1.29, 1.82) is 0 Å². The van der Waals surface area contributed by atoms with Crippen LogP contribution in [0.4, 0.5) is 0 Å². The van der Waals surface area contributed by atoms with Crippen LogP contribution in [0.25, 0.3) is 0 Å². The molecule has 5 nitrogen and oxygen atoms in total. The standard InChI is InChI=1S/C14H24N2O3/c1-4-19-12-6-5-10(9-13(12)18-3)14(17)11(15)7-8-16-2/h5-6,9,11,14,16-17H,4,7-8,15H2,1-3H3. The highest BCUT2D eigenvalue weighted by Crippen LogP contribution is 2.31. The summed E-state index contributed by atoms with van der Waals surface area (Å²) in [6, 6.07) is 5.08. The molecule has 0 saturated heterocycles. The molecule has 0 aliphatic rings. The molecule has 108 valence electrons. The Bertz CT molecular complexity index is 385. The number of hydrogen-bond acceptors (Lipinski definition) is 5. The van der Waals surface area contributed by atoms with Crippen LogP contribution in [-0.4, -0.2) is 38.5 Å². The number of hydrogen-bond donors (Lipinski definition) is 3. The van der Waals surface area contributed by atoms with Crippen molar-refractivity contribution in [2.24, 2.45) is 5.73 Å². The molecule has 0 spiro atoms. The van der Waals surface area contributed by atoms with E-state index >= 15 is 0 Å². The topological polar surface area (TPSA) is 76.7 Å². The van der Waals surface area contributed by atoms with Crippen LogP contribution >= 0.6 is 0 Å². The van der Waals surface area contributed by atoms with E-state index in [4.69, 9.17) is 15.2 Å². The Kier molecular flexibility index (Phi) is 6.62. The van der Waals surface area contributed by atoms with Gasteiger partial charge < -0.3 is 25.6 Å². The lowest BCUT2D eigenvalue weighted by Gasteiger charge is -2.20. The molecule has 1 aromatic rings. The van der Waals surface area contributed by atoms with Crippen LogP contribution in [0.15, 0.2) is 18.2 Å². The van der Waals surface area contributed by atoms with Crippen LogP contribution in [0.5, 0.6) is 11.5 Å². The number of ether oxygens (including phenoxy) is 2. The van der Waals surface area contributed by atoms with E-state index in [0.717, 1.165) is 12.1 Å². The molecule has 1 rings (SSSR count). The predicted octanol–water partition coefficient (Wildman–Crippen LogP) is 1.06. The highest BCUT2D eigenvalue weighted by molar-refractivity contribution is 5.43. The summed E-state index contributed by atoms with van der Waals surface area (Å²) in [5.74, 6) is 1.28. The molecule has 0 aliphatic heterocycles. The second kappa shape index (κ2) is 7.99. The first-order chi connectivity index (χ1) is 9.13. The van der Waals surface area contributed by atoms with Crippen LogP contribution in [0.3, 0.4) is 0 Å². The quantitative estimate of drug-likeness (QED) is 0.657. The van der Waals surface area contributed by atoms with E-state index < -0.39 is 6.10 Å². The summed E-state index contributed by atoms with van der Waals surface area (Å²) in [5, 5.41) is 13.2. The van der Waals surface area contributed by atoms with E-state index in [1.807, 2.05) is 20.0 Å². The lowest BCUT2D eigenvalue weighted by Crippen LogP contribution is -2.31. The van der Waals surface area contributed by atoms with Crippen LogP contribution in [-0.2, 0) is 0 Å². The Morgan fingerprint density at radius 2 is 2.11 bits per heavy atom. The van der Waals surface area contributed by atoms with Gasteiger partial charge >= 0.3 is 0 Å². The fourth-order valence-electron chi connectivity index (χ4n) is 1.86. The molecular weight excluding hydrogens is 244 g/mol. The highest BCUT2D eigenvalue weighted by Gasteiger charge is 2.18. The molecule has 0 aliphatic carbocycles. The van der Waals surface area contributed by atoms with Gasteiger partial charge in [0.15, 0.2) is 11.5 Å². The number of aliphatic hydroxyl groups is 1. The van der Waals surface area contributed by atoms with Gasteiger partial charge in [0.1, 0.15) is 0 Å². The van der Waals surface area contributed by atoms with Gasteiger partial charge in [-0.3, -0.25) is 0 Å². The highest BCUT2D eigenvalue weighted by atomic mass is 16.5. The molecule has 0 amide bonds. The molecule has 2 atom stereocenters. The lowest BCUT2D eigenvalue weighted by molar-refractivity contribution is 0.142. The molecule has 0 aromatic heterocycles. The molecule has 4 N–H and O–H groups in total. The van der Waals surface area contributed by atoms with E-state index in [1.54, 1.807) is 19.2 Å². The van der Waals surface area contributed by atoms with E-state index in [1.165, 1.54) is 0 Å². The van der Waals surface area contributed by atoms with Gasteiger partial charge in [0, 0.05) is 6.04 Å². The number of methoxy groups -OCH3 is 1. The SMILES string of the molecule is CCOc1ccc(C(O)C(N)CCNC)cc1OC. The summed E-state index contributed by atoms with van der Waals surface area (Å²) >= 11 is 0. The van der Waals surface area contributed by atoms with Gasteiger partial charge in [0.2, 0.25) is 0 Å². The normalized spacial score (nSPS) is 13.9. The van der Waals surface area contributed by atoms with Gasteiger partial charge in [-0.1, -0.05) is 6.07 Å². The third-order valence-corrected chi connectivity index (χ3v) is 2.96. The van der Waals surface area contributed by atoms with E-state index in [-0.39, 0.29) is 6.04 Å². The van der Waals surface area contributed by atoms with Crippen LogP contribution < -0.4 is 20.5 Å². The van der Waals surface area contributed by atoms with Gasteiger partial charge in [-0.2, -0.15) is 0 Å². The maximum Gasteiger partial charge on any atom is 0.161 e. The van der Waals surface area contributed by atoms with Crippen molar-refractivity contribution in [1.82, 2.24) is 5.32 Å². The van der Waals surface area contributed by atoms with Crippen molar-refractivity contribution in [3.05, 3.63) is 23.8 Å². The Morgan fingerprint density at radius 3 is 2.68 bits per heavy atom. The molecule has 19 heavy (non-hydrogen) atoms. The summed E-state index contributed by atoms with van der Waals surface area (Å²) in [7, 11) is 3.44. The smallest absolute Gasteiger partial charge is 0.161 e. The van der Waals surface area contributed by atoms with Crippen molar-refractivity contribution in [2.45, 2.75) is 25.5 Å². The predicted molar refractivity (Wildman–Crippen MR) is 75.6 cm³/mol. The average molecular weight is 268 g/mol. The van der Waals surface area contributed by atoms with Crippen molar-refractivity contribution >= 4 is 0 Å². The number of nitrogens with one attached hydrogen (secondary N) is 1. The molecule has 1 aromatic carbocycles. The summed E-state index contributed by atoms with van der Waals surface area (Å²) < 4.78 is 10.7. The number of rotatable bonds is 8. The Balaban J connectivity index is 2.82. The average Bonchev–Trinajstić information content (AvgIpc) is 2.44. The van der Waals surface area contributed by atoms with Gasteiger partial charge in [-0.25, -0.2) is 0 Å². The first kappa shape index (κ1) is 15.8. The number of nitrogens with two attached hydrogens (primary N) is 1. The fourth-order valence-corrected chi connectivity index (χ4v) is 1.86. The van der Waals surface area contributed by atoms with E-state index in [0.29, 0.717) is 24.5 Å². The summed E-state index contributed by atoms with van der Waals surface area (Å²) in [6.45, 7) is 3.25. The monoisotopic (exact) mass is 268 g/mol. The summed E-state index contributed by atoms with van der Waals surface area (Å²) in [6.07, 6.45) is -0.00867. The van der Waals surface area contributed by atoms with Crippen molar-refractivity contribution < 1.29 is 14.6 Å². The molecule has 0 heterocycles. The Labute approximate surface area is 114 Å². The Morgan fingerprint density at radius 1 is 1.37 bits per heavy atom. The second-order valence-corrected chi connectivity index (χ2v) is 4.34. The minimum Gasteiger partial charge on any atom is -0.493 e. The summed E-state index contributed by atoms with van der Waals surface area (Å²) in [5.41, 5.74) is 6.70. The molecule has 0 fully saturated rings. The summed E-state index contributed by atoms with van der Waals surface area (Å²) in [4.78, 5) is 0. The van der Waals surface area contributed by atoms with Crippen LogP contribution in [0, 0.1) is 0 Å². The maximum absolute atomic E-state index is 10.2. The second-order valence-electron chi connectivity index (χ2n) is 4.34. The first-order valence-corrected chi connectivity index (χ1v) is 6.53. The van der Waals surface area contributed by atoms with Gasteiger partial charge in [0.05, 0.1) is 19.8 Å². The van der Waals surface area contributed by atoms with Crippen LogP contribution in [0.2, 0.25) is 0 Å². The third kappa shape index (κ3) is 4.38. The number of benzene rings is 1. The Hall–Kier alpha value is -1.30. The van der Waals surface area contributed by atoms with Gasteiger partial charge in [0.25, 0.3) is 0 Å².